The van der Waals surface area contributed by atoms with Gasteiger partial charge >= 0.3 is 0 Å². The van der Waals surface area contributed by atoms with E-state index in [1.165, 1.54) is 38.6 Å². The number of methoxy groups -OCH3 is 3. The highest BCUT2D eigenvalue weighted by Crippen LogP contribution is 2.33. The van der Waals surface area contributed by atoms with Crippen molar-refractivity contribution in [2.24, 2.45) is 5.10 Å². The number of nitrogens with zero attached hydrogens (tertiary/aromatic N) is 5. The van der Waals surface area contributed by atoms with E-state index >= 15 is 0 Å². The first kappa shape index (κ1) is 18.8. The molecule has 10 heteroatoms. The largest absolute Gasteiger partial charge is 0.496 e. The molecule has 1 aromatic heterocycles. The predicted molar refractivity (Wildman–Crippen MR) is 100 cm³/mol. The summed E-state index contributed by atoms with van der Waals surface area (Å²) in [6.45, 7) is 0. The van der Waals surface area contributed by atoms with Crippen molar-refractivity contribution < 1.29 is 19.0 Å². The first-order valence-corrected chi connectivity index (χ1v) is 8.13. The minimum atomic E-state index is -0.362. The van der Waals surface area contributed by atoms with E-state index in [9.17, 15) is 4.79 Å². The molecule has 1 N–H and O–H groups in total. The summed E-state index contributed by atoms with van der Waals surface area (Å²) in [7, 11) is 4.60. The van der Waals surface area contributed by atoms with Crippen LogP contribution >= 0.6 is 0 Å². The molecule has 3 rings (SSSR count). The molecule has 0 aliphatic carbocycles. The van der Waals surface area contributed by atoms with Crippen LogP contribution in [0.1, 0.15) is 15.9 Å². The lowest BCUT2D eigenvalue weighted by molar-refractivity contribution is 0.0955. The van der Waals surface area contributed by atoms with Gasteiger partial charge in [-0.05, 0) is 40.8 Å². The van der Waals surface area contributed by atoms with Crippen molar-refractivity contribution in [2.45, 2.75) is 0 Å². The van der Waals surface area contributed by atoms with E-state index in [2.05, 4.69) is 26.1 Å². The summed E-state index contributed by atoms with van der Waals surface area (Å²) >= 11 is 0. The second-order valence-electron chi connectivity index (χ2n) is 5.45. The fraction of sp³-hybridized carbons (Fsp3) is 0.167. The van der Waals surface area contributed by atoms with Gasteiger partial charge in [-0.3, -0.25) is 4.79 Å². The Morgan fingerprint density at radius 1 is 1.04 bits per heavy atom. The Labute approximate surface area is 160 Å². The third-order valence-electron chi connectivity index (χ3n) is 3.85. The first-order chi connectivity index (χ1) is 13.7. The number of aromatic nitrogens is 4. The number of carbonyl (C=O) groups excluding carboxylic acids is 1. The van der Waals surface area contributed by atoms with Gasteiger partial charge in [0.25, 0.3) is 5.91 Å². The lowest BCUT2D eigenvalue weighted by atomic mass is 10.2. The van der Waals surface area contributed by atoms with E-state index < -0.39 is 0 Å². The van der Waals surface area contributed by atoms with Crippen molar-refractivity contribution in [3.05, 3.63) is 53.9 Å². The van der Waals surface area contributed by atoms with Crippen LogP contribution in [0.25, 0.3) is 5.69 Å². The van der Waals surface area contributed by atoms with Crippen molar-refractivity contribution in [3.63, 3.8) is 0 Å². The van der Waals surface area contributed by atoms with Gasteiger partial charge in [0.05, 0.1) is 33.2 Å². The minimum absolute atomic E-state index is 0.362. The zero-order valence-electron chi connectivity index (χ0n) is 15.5. The van der Waals surface area contributed by atoms with Gasteiger partial charge in [0.15, 0.2) is 11.5 Å². The van der Waals surface area contributed by atoms with Crippen LogP contribution in [-0.2, 0) is 0 Å². The van der Waals surface area contributed by atoms with Crippen LogP contribution in [0, 0.1) is 0 Å². The van der Waals surface area contributed by atoms with E-state index in [-0.39, 0.29) is 5.91 Å². The summed E-state index contributed by atoms with van der Waals surface area (Å²) in [6.07, 6.45) is 2.93. The Morgan fingerprint density at radius 2 is 1.71 bits per heavy atom. The van der Waals surface area contributed by atoms with Gasteiger partial charge in [0.1, 0.15) is 12.1 Å². The number of benzene rings is 2. The van der Waals surface area contributed by atoms with Crippen molar-refractivity contribution in [2.75, 3.05) is 21.3 Å². The highest BCUT2D eigenvalue weighted by Gasteiger charge is 2.11. The molecule has 0 radical (unpaired) electrons. The molecule has 0 unspecified atom stereocenters. The maximum Gasteiger partial charge on any atom is 0.271 e. The third-order valence-corrected chi connectivity index (χ3v) is 3.85. The Balaban J connectivity index is 1.71. The number of ether oxygens (including phenoxy) is 3. The summed E-state index contributed by atoms with van der Waals surface area (Å²) in [6, 6.07) is 10.1. The molecular formula is C18H18N6O4. The molecule has 1 amide bonds. The lowest BCUT2D eigenvalue weighted by Gasteiger charge is -2.11. The highest BCUT2D eigenvalue weighted by molar-refractivity contribution is 5.95. The van der Waals surface area contributed by atoms with Gasteiger partial charge in [0, 0.05) is 17.2 Å². The number of carbonyl (C=O) groups is 1. The molecule has 3 aromatic rings. The zero-order chi connectivity index (χ0) is 19.9. The molecule has 2 aromatic carbocycles. The third kappa shape index (κ3) is 4.06. The minimum Gasteiger partial charge on any atom is -0.496 e. The topological polar surface area (TPSA) is 113 Å². The molecule has 28 heavy (non-hydrogen) atoms. The highest BCUT2D eigenvalue weighted by atomic mass is 16.5. The summed E-state index contributed by atoms with van der Waals surface area (Å²) < 4.78 is 17.3. The molecule has 0 saturated carbocycles. The van der Waals surface area contributed by atoms with Crippen LogP contribution in [0.4, 0.5) is 0 Å². The number of tetrazole rings is 1. The van der Waals surface area contributed by atoms with Crippen LogP contribution in [0.15, 0.2) is 47.8 Å². The van der Waals surface area contributed by atoms with Gasteiger partial charge in [-0.1, -0.05) is 0 Å². The Morgan fingerprint density at radius 3 is 2.32 bits per heavy atom. The van der Waals surface area contributed by atoms with Crippen LogP contribution in [0.5, 0.6) is 17.2 Å². The van der Waals surface area contributed by atoms with E-state index in [1.54, 1.807) is 36.4 Å². The number of amides is 1. The second kappa shape index (κ2) is 8.62. The van der Waals surface area contributed by atoms with E-state index in [4.69, 9.17) is 14.2 Å². The molecule has 0 bridgehead atoms. The molecule has 144 valence electrons. The zero-order valence-corrected chi connectivity index (χ0v) is 15.5. The van der Waals surface area contributed by atoms with Crippen molar-refractivity contribution in [1.82, 2.24) is 25.6 Å². The van der Waals surface area contributed by atoms with E-state index in [0.29, 0.717) is 28.4 Å². The number of rotatable bonds is 7. The van der Waals surface area contributed by atoms with Crippen molar-refractivity contribution in [3.8, 4) is 22.9 Å². The molecule has 0 atom stereocenters. The molecular weight excluding hydrogens is 364 g/mol. The SMILES string of the molecule is COc1cc(OC)c(OC)cc1/C=N/NC(=O)c1ccc(-n2cnnn2)cc1. The predicted octanol–water partition coefficient (Wildman–Crippen LogP) is 1.45. The summed E-state index contributed by atoms with van der Waals surface area (Å²) in [4.78, 5) is 12.3. The first-order valence-electron chi connectivity index (χ1n) is 8.13. The van der Waals surface area contributed by atoms with Gasteiger partial charge in [-0.15, -0.1) is 5.10 Å². The number of nitrogens with one attached hydrogen (secondary N) is 1. The molecule has 0 aliphatic rings. The second-order valence-corrected chi connectivity index (χ2v) is 5.45. The Kier molecular flexibility index (Phi) is 5.80. The Bertz CT molecular complexity index is 970. The van der Waals surface area contributed by atoms with Crippen LogP contribution < -0.4 is 19.6 Å². The normalized spacial score (nSPS) is 10.7. The van der Waals surface area contributed by atoms with Crippen molar-refractivity contribution in [1.29, 1.82) is 0 Å². The summed E-state index contributed by atoms with van der Waals surface area (Å²) in [5.41, 5.74) is 4.27. The molecule has 10 nitrogen and oxygen atoms in total. The standard InChI is InChI=1S/C18H18N6O4/c1-26-15-9-17(28-3)16(27-2)8-13(15)10-19-21-18(25)12-4-6-14(7-5-12)24-11-20-22-23-24/h4-11H,1-3H3,(H,21,25)/b19-10+. The number of hydrogen-bond acceptors (Lipinski definition) is 8. The van der Waals surface area contributed by atoms with Gasteiger partial charge in [-0.25, -0.2) is 10.1 Å². The van der Waals surface area contributed by atoms with Gasteiger partial charge < -0.3 is 14.2 Å². The van der Waals surface area contributed by atoms with Crippen LogP contribution in [0.3, 0.4) is 0 Å². The van der Waals surface area contributed by atoms with Crippen LogP contribution in [0.2, 0.25) is 0 Å². The maximum absolute atomic E-state index is 12.3. The van der Waals surface area contributed by atoms with Gasteiger partial charge in [-0.2, -0.15) is 5.10 Å². The fourth-order valence-electron chi connectivity index (χ4n) is 2.42. The molecule has 0 aliphatic heterocycles. The van der Waals surface area contributed by atoms with Crippen molar-refractivity contribution >= 4 is 12.1 Å². The average molecular weight is 382 g/mol. The monoisotopic (exact) mass is 382 g/mol. The smallest absolute Gasteiger partial charge is 0.271 e. The lowest BCUT2D eigenvalue weighted by Crippen LogP contribution is -2.17. The quantitative estimate of drug-likeness (QED) is 0.486. The van der Waals surface area contributed by atoms with E-state index in [1.807, 2.05) is 0 Å². The van der Waals surface area contributed by atoms with Crippen LogP contribution in [-0.4, -0.2) is 53.7 Å². The van der Waals surface area contributed by atoms with E-state index in [0.717, 1.165) is 5.69 Å². The number of hydrogen-bond donors (Lipinski definition) is 1. The average Bonchev–Trinajstić information content (AvgIpc) is 3.28. The molecule has 0 spiro atoms. The fourth-order valence-corrected chi connectivity index (χ4v) is 2.42. The molecule has 0 saturated heterocycles. The molecule has 0 fully saturated rings. The number of hydrazone groups is 1. The molecule has 1 heterocycles. The summed E-state index contributed by atoms with van der Waals surface area (Å²) in [5.74, 6) is 1.22. The summed E-state index contributed by atoms with van der Waals surface area (Å²) in [5, 5.41) is 14.9. The Hall–Kier alpha value is -3.95. The van der Waals surface area contributed by atoms with Gasteiger partial charge in [0.2, 0.25) is 0 Å². The maximum atomic E-state index is 12.3.